The summed E-state index contributed by atoms with van der Waals surface area (Å²) in [6, 6.07) is 8.14. The molecule has 0 N–H and O–H groups in total. The molecule has 1 aromatic carbocycles. The van der Waals surface area contributed by atoms with Gasteiger partial charge < -0.3 is 0 Å². The van der Waals surface area contributed by atoms with Crippen LogP contribution in [0.4, 0.5) is 0 Å². The van der Waals surface area contributed by atoms with Crippen molar-refractivity contribution < 1.29 is 0 Å². The van der Waals surface area contributed by atoms with Crippen LogP contribution in [-0.2, 0) is 6.42 Å². The van der Waals surface area contributed by atoms with Crippen molar-refractivity contribution in [3.05, 3.63) is 32.9 Å². The van der Waals surface area contributed by atoms with E-state index in [2.05, 4.69) is 47.7 Å². The maximum atomic E-state index is 2.40. The minimum atomic E-state index is 1.27. The Bertz CT molecular complexity index is 245. The van der Waals surface area contributed by atoms with E-state index in [0.29, 0.717) is 0 Å². The summed E-state index contributed by atoms with van der Waals surface area (Å²) < 4.78 is 1.40. The minimum absolute atomic E-state index is 1.27. The van der Waals surface area contributed by atoms with E-state index < -0.39 is 0 Å². The Labute approximate surface area is 85.0 Å². The summed E-state index contributed by atoms with van der Waals surface area (Å²) in [5, 5.41) is 0. The Morgan fingerprint density at radius 1 is 1.45 bits per heavy atom. The molecule has 0 nitrogen and oxygen atoms in total. The Morgan fingerprint density at radius 2 is 2.18 bits per heavy atom. The second kappa shape index (κ2) is 4.26. The van der Waals surface area contributed by atoms with E-state index in [-0.39, 0.29) is 0 Å². The predicted molar refractivity (Wildman–Crippen MR) is 62.3 cm³/mol. The van der Waals surface area contributed by atoms with Crippen LogP contribution in [0.1, 0.15) is 11.1 Å². The summed E-state index contributed by atoms with van der Waals surface area (Å²) in [6.07, 6.45) is 1.27. The zero-order valence-electron chi connectivity index (χ0n) is 7.02. The molecule has 1 aromatic rings. The molecule has 0 radical (unpaired) electrons. The maximum absolute atomic E-state index is 2.40. The van der Waals surface area contributed by atoms with E-state index in [9.17, 15) is 0 Å². The largest absolute Gasteiger partial charge is 0.0619 e. The quantitative estimate of drug-likeness (QED) is 0.572. The molecule has 0 aromatic heterocycles. The first kappa shape index (κ1) is 9.26. The van der Waals surface area contributed by atoms with Gasteiger partial charge in [0.15, 0.2) is 0 Å². The first-order valence-electron chi connectivity index (χ1n) is 3.99. The number of rotatable bonds is 2. The molecule has 0 heterocycles. The average molecular weight is 276 g/mol. The van der Waals surface area contributed by atoms with Gasteiger partial charge >= 0.3 is 0 Å². The van der Waals surface area contributed by atoms with Crippen LogP contribution < -0.4 is 0 Å². The molecule has 0 spiro atoms. The van der Waals surface area contributed by atoms with Gasteiger partial charge in [0.1, 0.15) is 0 Å². The molecule has 0 saturated carbocycles. The van der Waals surface area contributed by atoms with Crippen LogP contribution >= 0.6 is 22.6 Å². The topological polar surface area (TPSA) is 0 Å². The number of hydrogen-bond donors (Lipinski definition) is 0. The molecule has 0 aliphatic heterocycles. The Morgan fingerprint density at radius 3 is 2.73 bits per heavy atom. The van der Waals surface area contributed by atoms with Crippen LogP contribution in [0.25, 0.3) is 0 Å². The van der Waals surface area contributed by atoms with Crippen molar-refractivity contribution in [3.8, 4) is 0 Å². The fourth-order valence-electron chi connectivity index (χ4n) is 1.08. The summed E-state index contributed by atoms with van der Waals surface area (Å²) in [5.41, 5.74) is 2.89. The molecule has 0 saturated heterocycles. The highest BCUT2D eigenvalue weighted by molar-refractivity contribution is 14.1. The monoisotopic (exact) mass is 276 g/mol. The minimum Gasteiger partial charge on any atom is -0.0619 e. The molecule has 2 heteroatoms. The van der Waals surface area contributed by atoms with Crippen LogP contribution in [0, 0.1) is 10.5 Å². The van der Waals surface area contributed by atoms with Crippen molar-refractivity contribution in [1.29, 1.82) is 0 Å². The lowest BCUT2D eigenvalue weighted by Crippen LogP contribution is -1.87. The third-order valence-electron chi connectivity index (χ3n) is 1.77. The van der Waals surface area contributed by atoms with Crippen LogP contribution in [0.2, 0.25) is 6.04 Å². The highest BCUT2D eigenvalue weighted by Crippen LogP contribution is 2.14. The highest BCUT2D eigenvalue weighted by atomic mass is 127. The number of benzene rings is 1. The van der Waals surface area contributed by atoms with E-state index in [1.54, 1.807) is 0 Å². The standard InChI is InChI=1S/C9H13ISi/c1-7-2-3-8(4-5-11)6-9(7)10/h2-3,6H,4-5H2,1,11H3. The molecule has 0 aliphatic carbocycles. The van der Waals surface area contributed by atoms with Crippen molar-refractivity contribution in [2.75, 3.05) is 0 Å². The molecule has 0 unspecified atom stereocenters. The summed E-state index contributed by atoms with van der Waals surface area (Å²) in [7, 11) is 1.32. The van der Waals surface area contributed by atoms with E-state index in [1.807, 2.05) is 0 Å². The fraction of sp³-hybridized carbons (Fsp3) is 0.333. The third kappa shape index (κ3) is 2.59. The summed E-state index contributed by atoms with van der Waals surface area (Å²) in [4.78, 5) is 0. The van der Waals surface area contributed by atoms with Crippen molar-refractivity contribution in [1.82, 2.24) is 0 Å². The normalized spacial score (nSPS) is 10.4. The smallest absolute Gasteiger partial charge is 0.0162 e. The van der Waals surface area contributed by atoms with E-state index in [1.165, 1.54) is 37.4 Å². The Balaban J connectivity index is 2.86. The molecule has 0 fully saturated rings. The lowest BCUT2D eigenvalue weighted by Gasteiger charge is -2.01. The zero-order valence-corrected chi connectivity index (χ0v) is 11.2. The van der Waals surface area contributed by atoms with Crippen molar-refractivity contribution in [2.45, 2.75) is 19.4 Å². The number of aryl methyl sites for hydroxylation is 2. The first-order valence-corrected chi connectivity index (χ1v) is 6.48. The number of halogens is 1. The van der Waals surface area contributed by atoms with Crippen LogP contribution in [0.5, 0.6) is 0 Å². The van der Waals surface area contributed by atoms with E-state index >= 15 is 0 Å². The third-order valence-corrected chi connectivity index (χ3v) is 3.44. The van der Waals surface area contributed by atoms with Gasteiger partial charge in [-0.15, -0.1) is 0 Å². The van der Waals surface area contributed by atoms with Crippen molar-refractivity contribution in [2.24, 2.45) is 0 Å². The fourth-order valence-corrected chi connectivity index (χ4v) is 2.24. The first-order chi connectivity index (χ1) is 5.24. The van der Waals surface area contributed by atoms with Gasteiger partial charge in [-0.2, -0.15) is 0 Å². The van der Waals surface area contributed by atoms with Gasteiger partial charge in [0.05, 0.1) is 0 Å². The Hall–Kier alpha value is 0.167. The van der Waals surface area contributed by atoms with E-state index in [4.69, 9.17) is 0 Å². The molecule has 60 valence electrons. The molecule has 0 bridgehead atoms. The lowest BCUT2D eigenvalue weighted by atomic mass is 10.1. The van der Waals surface area contributed by atoms with Gasteiger partial charge in [0.25, 0.3) is 0 Å². The van der Waals surface area contributed by atoms with Crippen LogP contribution in [-0.4, -0.2) is 10.2 Å². The molecular weight excluding hydrogens is 263 g/mol. The maximum Gasteiger partial charge on any atom is 0.0162 e. The second-order valence-electron chi connectivity index (χ2n) is 2.83. The van der Waals surface area contributed by atoms with Crippen LogP contribution in [0.3, 0.4) is 0 Å². The molecule has 0 amide bonds. The summed E-state index contributed by atoms with van der Waals surface area (Å²) in [5.74, 6) is 0. The second-order valence-corrected chi connectivity index (χ2v) is 5.00. The van der Waals surface area contributed by atoms with E-state index in [0.717, 1.165) is 0 Å². The molecule has 0 atom stereocenters. The lowest BCUT2D eigenvalue weighted by molar-refractivity contribution is 1.12. The molecule has 0 aliphatic rings. The summed E-state index contributed by atoms with van der Waals surface area (Å²) >= 11 is 2.40. The van der Waals surface area contributed by atoms with Crippen molar-refractivity contribution >= 4 is 32.8 Å². The molecule has 1 rings (SSSR count). The SMILES string of the molecule is Cc1ccc(CC[SiH3])cc1I. The van der Waals surface area contributed by atoms with Gasteiger partial charge in [0, 0.05) is 13.8 Å². The van der Waals surface area contributed by atoms with Gasteiger partial charge in [0.2, 0.25) is 0 Å². The molecule has 11 heavy (non-hydrogen) atoms. The van der Waals surface area contributed by atoms with Crippen LogP contribution in [0.15, 0.2) is 18.2 Å². The summed E-state index contributed by atoms with van der Waals surface area (Å²) in [6.45, 7) is 2.16. The van der Waals surface area contributed by atoms with Crippen molar-refractivity contribution in [3.63, 3.8) is 0 Å². The van der Waals surface area contributed by atoms with Gasteiger partial charge in [-0.1, -0.05) is 18.2 Å². The van der Waals surface area contributed by atoms with Gasteiger partial charge in [-0.25, -0.2) is 0 Å². The van der Waals surface area contributed by atoms with Gasteiger partial charge in [-0.05, 0) is 53.1 Å². The van der Waals surface area contributed by atoms with Gasteiger partial charge in [-0.3, -0.25) is 0 Å². The Kier molecular flexibility index (Phi) is 3.58. The highest BCUT2D eigenvalue weighted by Gasteiger charge is 1.95. The number of hydrogen-bond acceptors (Lipinski definition) is 0. The molecular formula is C9H13ISi. The average Bonchev–Trinajstić information content (AvgIpc) is 1.98. The zero-order chi connectivity index (χ0) is 8.27. The predicted octanol–water partition coefficient (Wildman–Crippen LogP) is 1.93.